The molecule has 3 aromatic heterocycles. The first-order chi connectivity index (χ1) is 28.3. The molecule has 0 bridgehead atoms. The number of hydrogen-bond acceptors (Lipinski definition) is 3. The van der Waals surface area contributed by atoms with Crippen LogP contribution in [0.1, 0.15) is 89.0 Å². The standard InChI is InChI=1S/C36H35N2S.C18H24GeN.Ir/c1-6-12-25-17-18-34-30(19-25)31(22-39-34)36-37-32-15-10-11-16-33(32)38(36)35-28(23(2)3)20-27(21-29(35)24(4)5)26-13-8-7-9-14-26;1-14(2)11-16-12-18(15-9-7-6-8-10-15)20-13-17(16)19(3,4)5;/h7-11,13-21,23-24H,6,12H2,1-5H3;6-9,12-14H,11H2,1-5H3;/q2*-1;. The molecule has 0 saturated heterocycles. The summed E-state index contributed by atoms with van der Waals surface area (Å²) in [5.41, 5.74) is 14.7. The van der Waals surface area contributed by atoms with Crippen LogP contribution in [0.5, 0.6) is 0 Å². The average molecular weight is 1050 g/mol. The SMILES string of the molecule is CC(C)Cc1cc(-c2[c-]cccc2)nc[c]1[Ge]([CH3])([CH3])[CH3].CCCc1ccc2s[c-]c(-c3nc4ccccc4n3-c3c(C(C)C)cc(-c4ccccc4)cc3C(C)C)c2c1.[Ir]. The van der Waals surface area contributed by atoms with Gasteiger partial charge in [-0.1, -0.05) is 117 Å². The third-order valence-electron chi connectivity index (χ3n) is 11.1. The second kappa shape index (κ2) is 19.7. The minimum Gasteiger partial charge on any atom is -0.333 e. The molecule has 3 nitrogen and oxygen atoms in total. The van der Waals surface area contributed by atoms with Crippen LogP contribution < -0.4 is 4.40 Å². The molecule has 0 unspecified atom stereocenters. The van der Waals surface area contributed by atoms with Crippen LogP contribution in [0.15, 0.2) is 121 Å². The van der Waals surface area contributed by atoms with Crippen molar-refractivity contribution in [2.75, 3.05) is 0 Å². The van der Waals surface area contributed by atoms with Crippen LogP contribution in [0.3, 0.4) is 0 Å². The minimum atomic E-state index is -1.86. The van der Waals surface area contributed by atoms with Crippen molar-refractivity contribution in [2.24, 2.45) is 5.92 Å². The van der Waals surface area contributed by atoms with E-state index in [1.165, 1.54) is 49.2 Å². The molecule has 6 heteroatoms. The van der Waals surface area contributed by atoms with Gasteiger partial charge in [-0.25, -0.2) is 0 Å². The Kier molecular flexibility index (Phi) is 14.9. The summed E-state index contributed by atoms with van der Waals surface area (Å²) in [7, 11) is 0. The molecular weight excluding hydrogens is 988 g/mol. The molecular formula is C54H59GeIrN3S-2. The molecule has 1 radical (unpaired) electrons. The van der Waals surface area contributed by atoms with Crippen LogP contribution in [-0.4, -0.2) is 27.8 Å². The molecule has 0 saturated carbocycles. The Bertz CT molecular complexity index is 2640. The van der Waals surface area contributed by atoms with Gasteiger partial charge in [0.2, 0.25) is 0 Å². The number of thiophene rings is 1. The van der Waals surface area contributed by atoms with Crippen molar-refractivity contribution in [3.05, 3.63) is 155 Å². The van der Waals surface area contributed by atoms with E-state index in [4.69, 9.17) is 9.97 Å². The summed E-state index contributed by atoms with van der Waals surface area (Å²) in [6, 6.07) is 44.6. The Morgan fingerprint density at radius 2 is 1.43 bits per heavy atom. The van der Waals surface area contributed by atoms with E-state index in [0.29, 0.717) is 17.8 Å². The van der Waals surface area contributed by atoms with Gasteiger partial charge in [0.05, 0.1) is 16.9 Å². The van der Waals surface area contributed by atoms with Crippen LogP contribution >= 0.6 is 11.3 Å². The summed E-state index contributed by atoms with van der Waals surface area (Å²) < 4.78 is 5.23. The maximum Gasteiger partial charge on any atom is 0.0774 e. The van der Waals surface area contributed by atoms with Crippen LogP contribution in [0.4, 0.5) is 0 Å². The third kappa shape index (κ3) is 9.97. The zero-order valence-corrected chi connectivity index (χ0v) is 42.3. The quantitative estimate of drug-likeness (QED) is 0.0955. The van der Waals surface area contributed by atoms with Gasteiger partial charge in [-0.2, -0.15) is 0 Å². The summed E-state index contributed by atoms with van der Waals surface area (Å²) in [5, 5.41) is 4.91. The van der Waals surface area contributed by atoms with Crippen molar-refractivity contribution in [3.8, 4) is 39.5 Å². The number of nitrogens with zero attached hydrogens (tertiary/aromatic N) is 3. The number of pyridine rings is 1. The maximum absolute atomic E-state index is 5.28. The Labute approximate surface area is 379 Å². The largest absolute Gasteiger partial charge is 0.333 e. The fourth-order valence-corrected chi connectivity index (χ4v) is 12.3. The van der Waals surface area contributed by atoms with Gasteiger partial charge in [0.25, 0.3) is 0 Å². The number of imidazole rings is 1. The van der Waals surface area contributed by atoms with Crippen LogP contribution in [-0.2, 0) is 32.9 Å². The van der Waals surface area contributed by atoms with Gasteiger partial charge in [0.1, 0.15) is 0 Å². The molecule has 0 amide bonds. The van der Waals surface area contributed by atoms with Gasteiger partial charge in [-0.15, -0.1) is 11.5 Å². The average Bonchev–Trinajstić information content (AvgIpc) is 3.82. The van der Waals surface area contributed by atoms with Crippen molar-refractivity contribution in [3.63, 3.8) is 0 Å². The fraction of sp³-hybridized carbons (Fsp3) is 0.296. The summed E-state index contributed by atoms with van der Waals surface area (Å²) in [6.07, 6.45) is 5.49. The Morgan fingerprint density at radius 1 is 0.750 bits per heavy atom. The summed E-state index contributed by atoms with van der Waals surface area (Å²) in [5.74, 6) is 9.66. The molecule has 0 atom stereocenters. The number of hydrogen-bond donors (Lipinski definition) is 0. The molecule has 0 aliphatic heterocycles. The van der Waals surface area contributed by atoms with E-state index in [1.54, 1.807) is 15.7 Å². The van der Waals surface area contributed by atoms with Gasteiger partial charge >= 0.3 is 126 Å². The molecule has 0 aliphatic carbocycles. The third-order valence-corrected chi connectivity index (χ3v) is 16.3. The molecule has 5 aromatic carbocycles. The van der Waals surface area contributed by atoms with Crippen molar-refractivity contribution < 1.29 is 20.1 Å². The molecule has 311 valence electrons. The molecule has 8 rings (SSSR count). The fourth-order valence-electron chi connectivity index (χ4n) is 8.15. The normalized spacial score (nSPS) is 11.7. The number of fused-ring (bicyclic) bond motifs is 2. The molecule has 60 heavy (non-hydrogen) atoms. The minimum absolute atomic E-state index is 0. The summed E-state index contributed by atoms with van der Waals surface area (Å²) >= 11 is -0.166. The van der Waals surface area contributed by atoms with Crippen LogP contribution in [0.25, 0.3) is 60.6 Å². The number of aryl methyl sites for hydroxylation is 1. The molecule has 8 aromatic rings. The molecule has 0 fully saturated rings. The van der Waals surface area contributed by atoms with Gasteiger partial charge in [0, 0.05) is 25.8 Å². The van der Waals surface area contributed by atoms with Crippen LogP contribution in [0.2, 0.25) is 17.3 Å². The van der Waals surface area contributed by atoms with Crippen molar-refractivity contribution in [2.45, 2.75) is 96.8 Å². The first-order valence-corrected chi connectivity index (χ1v) is 29.6. The van der Waals surface area contributed by atoms with E-state index in [9.17, 15) is 0 Å². The van der Waals surface area contributed by atoms with Crippen LogP contribution in [0, 0.1) is 17.4 Å². The molecule has 0 spiro atoms. The van der Waals surface area contributed by atoms with Gasteiger partial charge < -0.3 is 4.57 Å². The topological polar surface area (TPSA) is 30.7 Å². The summed E-state index contributed by atoms with van der Waals surface area (Å²) in [6.45, 7) is 16.0. The first-order valence-electron chi connectivity index (χ1n) is 21.4. The second-order valence-electron chi connectivity index (χ2n) is 17.9. The Morgan fingerprint density at radius 3 is 2.07 bits per heavy atom. The number of para-hydroxylation sites is 2. The summed E-state index contributed by atoms with van der Waals surface area (Å²) in [4.78, 5) is 9.98. The molecule has 0 aliphatic rings. The molecule has 3 heterocycles. The van der Waals surface area contributed by atoms with E-state index >= 15 is 0 Å². The van der Waals surface area contributed by atoms with E-state index in [-0.39, 0.29) is 20.1 Å². The predicted octanol–water partition coefficient (Wildman–Crippen LogP) is 14.9. The van der Waals surface area contributed by atoms with Gasteiger partial charge in [-0.3, -0.25) is 16.3 Å². The van der Waals surface area contributed by atoms with E-state index in [0.717, 1.165) is 52.9 Å². The van der Waals surface area contributed by atoms with Gasteiger partial charge in [-0.05, 0) is 64.8 Å². The first kappa shape index (κ1) is 45.4. The monoisotopic (exact) mass is 1050 g/mol. The van der Waals surface area contributed by atoms with Gasteiger partial charge in [0.15, 0.2) is 0 Å². The zero-order valence-electron chi connectivity index (χ0n) is 37.0. The number of rotatable bonds is 11. The molecule has 0 N–H and O–H groups in total. The van der Waals surface area contributed by atoms with E-state index in [1.807, 2.05) is 18.2 Å². The maximum atomic E-state index is 5.28. The Hall–Kier alpha value is -4.13. The van der Waals surface area contributed by atoms with E-state index in [2.05, 4.69) is 185 Å². The number of benzene rings is 5. The number of aromatic nitrogens is 3. The second-order valence-corrected chi connectivity index (χ2v) is 29.4. The predicted molar refractivity (Wildman–Crippen MR) is 258 cm³/mol. The van der Waals surface area contributed by atoms with Crippen molar-refractivity contribution >= 4 is 50.1 Å². The van der Waals surface area contributed by atoms with Crippen molar-refractivity contribution in [1.82, 2.24) is 14.5 Å². The smallest absolute Gasteiger partial charge is 0.0774 e. The van der Waals surface area contributed by atoms with Crippen molar-refractivity contribution in [1.29, 1.82) is 0 Å². The Balaban J connectivity index is 0.000000243. The zero-order chi connectivity index (χ0) is 41.8. The van der Waals surface area contributed by atoms with E-state index < -0.39 is 13.3 Å².